The fourth-order valence-electron chi connectivity index (χ4n) is 1.01. The van der Waals surface area contributed by atoms with Crippen LogP contribution in [0.15, 0.2) is 12.3 Å². The molecule has 0 amide bonds. The smallest absolute Gasteiger partial charge is 0.329 e. The number of rotatable bonds is 3. The zero-order chi connectivity index (χ0) is 11.6. The molecule has 82 valence electrons. The normalized spacial score (nSPS) is 11.1. The summed E-state index contributed by atoms with van der Waals surface area (Å²) in [5, 5.41) is 10.6. The summed E-state index contributed by atoms with van der Waals surface area (Å²) in [6.07, 6.45) is 1.06. The molecule has 1 aromatic rings. The summed E-state index contributed by atoms with van der Waals surface area (Å²) in [5.74, 6) is 0.0777. The molecule has 0 bridgehead atoms. The first kappa shape index (κ1) is 11.7. The summed E-state index contributed by atoms with van der Waals surface area (Å²) in [6.45, 7) is 3.08. The molecule has 7 heteroatoms. The van der Waals surface area contributed by atoms with Crippen molar-refractivity contribution >= 4 is 18.3 Å². The van der Waals surface area contributed by atoms with Gasteiger partial charge in [-0.25, -0.2) is 4.98 Å². The molecule has 15 heavy (non-hydrogen) atoms. The van der Waals surface area contributed by atoms with Crippen LogP contribution in [0.25, 0.3) is 0 Å². The third-order valence-corrected chi connectivity index (χ3v) is 3.15. The van der Waals surface area contributed by atoms with E-state index in [1.165, 1.54) is 13.2 Å². The van der Waals surface area contributed by atoms with Crippen molar-refractivity contribution in [2.24, 2.45) is 0 Å². The van der Waals surface area contributed by atoms with E-state index in [4.69, 9.17) is 4.74 Å². The van der Waals surface area contributed by atoms with Gasteiger partial charge in [-0.3, -0.25) is 10.1 Å². The van der Waals surface area contributed by atoms with Gasteiger partial charge in [0.15, 0.2) is 0 Å². The highest BCUT2D eigenvalue weighted by atomic mass is 31.2. The molecule has 1 rings (SSSR count). The van der Waals surface area contributed by atoms with E-state index in [0.717, 1.165) is 6.20 Å². The maximum absolute atomic E-state index is 11.7. The summed E-state index contributed by atoms with van der Waals surface area (Å²) in [7, 11) is -1.20. The highest BCUT2D eigenvalue weighted by Crippen LogP contribution is 2.36. The minimum atomic E-state index is -2.52. The third-order valence-electron chi connectivity index (χ3n) is 1.80. The number of nitro groups is 1. The zero-order valence-corrected chi connectivity index (χ0v) is 9.52. The van der Waals surface area contributed by atoms with Crippen LogP contribution in [0.4, 0.5) is 5.69 Å². The van der Waals surface area contributed by atoms with E-state index in [1.54, 1.807) is 13.3 Å². The van der Waals surface area contributed by atoms with Gasteiger partial charge in [-0.05, 0) is 13.3 Å². The Bertz CT molecular complexity index is 440. The van der Waals surface area contributed by atoms with Crippen molar-refractivity contribution in [2.45, 2.75) is 0 Å². The topological polar surface area (TPSA) is 82.3 Å². The standard InChI is InChI=1S/C8H11N2O4P/c1-14-7-4-8(15(2,3)13)9-5-6(7)10(11)12/h4-5H,1-3H3. The van der Waals surface area contributed by atoms with E-state index < -0.39 is 12.1 Å². The molecule has 0 aliphatic carbocycles. The Kier molecular flexibility index (Phi) is 3.09. The van der Waals surface area contributed by atoms with E-state index in [9.17, 15) is 14.7 Å². The van der Waals surface area contributed by atoms with Gasteiger partial charge in [-0.1, -0.05) is 0 Å². The molecule has 6 nitrogen and oxygen atoms in total. The number of hydrogen-bond acceptors (Lipinski definition) is 5. The lowest BCUT2D eigenvalue weighted by atomic mass is 10.4. The molecule has 0 spiro atoms. The molecule has 0 N–H and O–H groups in total. The summed E-state index contributed by atoms with van der Waals surface area (Å²) in [5.41, 5.74) is 0.0969. The molecule has 0 radical (unpaired) electrons. The van der Waals surface area contributed by atoms with E-state index in [1.807, 2.05) is 0 Å². The number of methoxy groups -OCH3 is 1. The molecule has 0 aromatic carbocycles. The van der Waals surface area contributed by atoms with E-state index >= 15 is 0 Å². The van der Waals surface area contributed by atoms with Crippen molar-refractivity contribution in [3.05, 3.63) is 22.4 Å². The summed E-state index contributed by atoms with van der Waals surface area (Å²) < 4.78 is 16.5. The van der Waals surface area contributed by atoms with Crippen LogP contribution >= 0.6 is 7.14 Å². The Labute approximate surface area is 86.8 Å². The number of nitrogens with zero attached hydrogens (tertiary/aromatic N) is 2. The van der Waals surface area contributed by atoms with Crippen molar-refractivity contribution in [1.82, 2.24) is 4.98 Å². The lowest BCUT2D eigenvalue weighted by Gasteiger charge is -2.07. The Morgan fingerprint density at radius 3 is 2.53 bits per heavy atom. The van der Waals surface area contributed by atoms with Gasteiger partial charge in [0, 0.05) is 6.07 Å². The quantitative estimate of drug-likeness (QED) is 0.443. The molecular formula is C8H11N2O4P. The largest absolute Gasteiger partial charge is 0.490 e. The fourth-order valence-corrected chi connectivity index (χ4v) is 1.78. The van der Waals surface area contributed by atoms with Gasteiger partial charge in [0.2, 0.25) is 5.75 Å². The van der Waals surface area contributed by atoms with Gasteiger partial charge in [0.25, 0.3) is 0 Å². The van der Waals surface area contributed by atoms with Gasteiger partial charge in [-0.15, -0.1) is 0 Å². The average Bonchev–Trinajstić information content (AvgIpc) is 2.15. The van der Waals surface area contributed by atoms with Crippen LogP contribution in [0.3, 0.4) is 0 Å². The molecule has 0 aliphatic heterocycles. The molecule has 0 unspecified atom stereocenters. The molecule has 1 aromatic heterocycles. The van der Waals surface area contributed by atoms with Crippen LogP contribution < -0.4 is 10.2 Å². The van der Waals surface area contributed by atoms with Crippen LogP contribution in [-0.4, -0.2) is 30.3 Å². The van der Waals surface area contributed by atoms with Crippen molar-refractivity contribution in [3.8, 4) is 5.75 Å². The first-order chi connectivity index (χ1) is 6.86. The Hall–Kier alpha value is -1.42. The lowest BCUT2D eigenvalue weighted by molar-refractivity contribution is -0.386. The maximum Gasteiger partial charge on any atom is 0.329 e. The minimum absolute atomic E-state index is 0.0777. The fraction of sp³-hybridized carbons (Fsp3) is 0.375. The van der Waals surface area contributed by atoms with Gasteiger partial charge in [0.1, 0.15) is 18.8 Å². The molecule has 0 saturated carbocycles. The second-order valence-electron chi connectivity index (χ2n) is 3.32. The zero-order valence-electron chi connectivity index (χ0n) is 8.63. The van der Waals surface area contributed by atoms with E-state index in [2.05, 4.69) is 4.98 Å². The second kappa shape index (κ2) is 3.98. The Balaban J connectivity index is 3.32. The Morgan fingerprint density at radius 2 is 2.13 bits per heavy atom. The van der Waals surface area contributed by atoms with Gasteiger partial charge < -0.3 is 9.30 Å². The van der Waals surface area contributed by atoms with Crippen LogP contribution in [0, 0.1) is 10.1 Å². The molecule has 0 fully saturated rings. The molecule has 0 saturated heterocycles. The monoisotopic (exact) mass is 230 g/mol. The summed E-state index contributed by atoms with van der Waals surface area (Å²) in [6, 6.07) is 1.35. The first-order valence-corrected chi connectivity index (χ1v) is 6.70. The van der Waals surface area contributed by atoms with Crippen molar-refractivity contribution in [2.75, 3.05) is 20.4 Å². The second-order valence-corrected chi connectivity index (χ2v) is 6.48. The minimum Gasteiger partial charge on any atom is -0.490 e. The van der Waals surface area contributed by atoms with Crippen molar-refractivity contribution in [1.29, 1.82) is 0 Å². The SMILES string of the molecule is COc1cc(P(C)(C)=O)ncc1[N+](=O)[O-]. The Morgan fingerprint density at radius 1 is 1.53 bits per heavy atom. The average molecular weight is 230 g/mol. The number of pyridine rings is 1. The van der Waals surface area contributed by atoms with Crippen molar-refractivity contribution < 1.29 is 14.2 Å². The van der Waals surface area contributed by atoms with Crippen LogP contribution in [0.1, 0.15) is 0 Å². The molecule has 0 atom stereocenters. The summed E-state index contributed by atoms with van der Waals surface area (Å²) in [4.78, 5) is 13.8. The summed E-state index contributed by atoms with van der Waals surface area (Å²) >= 11 is 0. The third kappa shape index (κ3) is 2.53. The van der Waals surface area contributed by atoms with Gasteiger partial charge in [-0.2, -0.15) is 0 Å². The molecule has 1 heterocycles. The van der Waals surface area contributed by atoms with E-state index in [-0.39, 0.29) is 11.4 Å². The van der Waals surface area contributed by atoms with Crippen molar-refractivity contribution in [3.63, 3.8) is 0 Å². The van der Waals surface area contributed by atoms with Gasteiger partial charge in [0.05, 0.1) is 12.0 Å². The molecular weight excluding hydrogens is 219 g/mol. The number of ether oxygens (including phenoxy) is 1. The first-order valence-electron chi connectivity index (χ1n) is 4.10. The van der Waals surface area contributed by atoms with E-state index in [0.29, 0.717) is 5.44 Å². The number of hydrogen-bond donors (Lipinski definition) is 0. The lowest BCUT2D eigenvalue weighted by Crippen LogP contribution is -2.09. The number of aromatic nitrogens is 1. The van der Waals surface area contributed by atoms with Crippen LogP contribution in [-0.2, 0) is 4.57 Å². The van der Waals surface area contributed by atoms with Crippen LogP contribution in [0.5, 0.6) is 5.75 Å². The molecule has 0 aliphatic rings. The highest BCUT2D eigenvalue weighted by Gasteiger charge is 2.20. The predicted octanol–water partition coefficient (Wildman–Crippen LogP) is 1.25. The maximum atomic E-state index is 11.7. The highest BCUT2D eigenvalue weighted by molar-refractivity contribution is 7.69. The van der Waals surface area contributed by atoms with Crippen LogP contribution in [0.2, 0.25) is 0 Å². The predicted molar refractivity (Wildman–Crippen MR) is 56.5 cm³/mol. The van der Waals surface area contributed by atoms with Gasteiger partial charge >= 0.3 is 5.69 Å².